The van der Waals surface area contributed by atoms with Crippen LogP contribution in [0.4, 0.5) is 8.78 Å². The summed E-state index contributed by atoms with van der Waals surface area (Å²) in [6, 6.07) is 2.86. The second kappa shape index (κ2) is 6.02. The van der Waals surface area contributed by atoms with Gasteiger partial charge in [0.15, 0.2) is 0 Å². The van der Waals surface area contributed by atoms with Gasteiger partial charge in [-0.25, -0.2) is 8.78 Å². The lowest BCUT2D eigenvalue weighted by Gasteiger charge is -2.38. The molecule has 1 saturated carbocycles. The summed E-state index contributed by atoms with van der Waals surface area (Å²) in [6.07, 6.45) is 3.01. The summed E-state index contributed by atoms with van der Waals surface area (Å²) in [5.74, 6) is -1.58. The number of rotatable bonds is 2. The summed E-state index contributed by atoms with van der Waals surface area (Å²) in [6.45, 7) is 1.62. The lowest BCUT2D eigenvalue weighted by atomic mass is 9.84. The Morgan fingerprint density at radius 1 is 1.00 bits per heavy atom. The minimum atomic E-state index is -0.723. The van der Waals surface area contributed by atoms with Gasteiger partial charge >= 0.3 is 0 Å². The Morgan fingerprint density at radius 3 is 2.23 bits per heavy atom. The number of carbonyl (C=O) groups excluding carboxylic acids is 2. The number of carbonyl (C=O) groups is 2. The Kier molecular flexibility index (Phi) is 4.09. The average molecular weight is 308 g/mol. The van der Waals surface area contributed by atoms with Crippen LogP contribution in [0.3, 0.4) is 0 Å². The molecular formula is C16H18F2N2O2. The molecule has 1 aliphatic heterocycles. The highest BCUT2D eigenvalue weighted by molar-refractivity contribution is 5.94. The first-order valence-electron chi connectivity index (χ1n) is 7.59. The molecule has 3 rings (SSSR count). The molecule has 1 heterocycles. The number of benzene rings is 1. The number of hydrogen-bond acceptors (Lipinski definition) is 2. The van der Waals surface area contributed by atoms with Crippen LogP contribution < -0.4 is 0 Å². The van der Waals surface area contributed by atoms with E-state index in [-0.39, 0.29) is 17.4 Å². The van der Waals surface area contributed by atoms with E-state index in [1.807, 2.05) is 0 Å². The van der Waals surface area contributed by atoms with Crippen molar-refractivity contribution >= 4 is 11.8 Å². The Labute approximate surface area is 127 Å². The van der Waals surface area contributed by atoms with Gasteiger partial charge in [0.1, 0.15) is 11.6 Å². The van der Waals surface area contributed by atoms with Gasteiger partial charge in [-0.2, -0.15) is 0 Å². The highest BCUT2D eigenvalue weighted by Crippen LogP contribution is 2.28. The van der Waals surface area contributed by atoms with E-state index in [2.05, 4.69) is 0 Å². The van der Waals surface area contributed by atoms with Gasteiger partial charge in [-0.15, -0.1) is 0 Å². The Balaban J connectivity index is 1.62. The number of amides is 2. The molecule has 0 atom stereocenters. The zero-order valence-corrected chi connectivity index (χ0v) is 12.2. The second-order valence-electron chi connectivity index (χ2n) is 5.87. The van der Waals surface area contributed by atoms with Crippen LogP contribution >= 0.6 is 0 Å². The number of hydrogen-bond donors (Lipinski definition) is 0. The fraction of sp³-hybridized carbons (Fsp3) is 0.500. The van der Waals surface area contributed by atoms with Crippen molar-refractivity contribution < 1.29 is 18.4 Å². The molecule has 4 nitrogen and oxygen atoms in total. The largest absolute Gasteiger partial charge is 0.339 e. The van der Waals surface area contributed by atoms with Gasteiger partial charge in [0.25, 0.3) is 5.91 Å². The van der Waals surface area contributed by atoms with Crippen molar-refractivity contribution in [2.75, 3.05) is 26.2 Å². The van der Waals surface area contributed by atoms with Crippen molar-refractivity contribution in [1.82, 2.24) is 9.80 Å². The van der Waals surface area contributed by atoms with Crippen molar-refractivity contribution in [3.8, 4) is 0 Å². The fourth-order valence-corrected chi connectivity index (χ4v) is 2.88. The highest BCUT2D eigenvalue weighted by atomic mass is 19.1. The molecule has 0 spiro atoms. The fourth-order valence-electron chi connectivity index (χ4n) is 2.88. The van der Waals surface area contributed by atoms with Crippen LogP contribution in [-0.4, -0.2) is 47.8 Å². The number of halogens is 2. The lowest BCUT2D eigenvalue weighted by Crippen LogP contribution is -2.52. The van der Waals surface area contributed by atoms with Gasteiger partial charge in [-0.1, -0.05) is 6.42 Å². The normalized spacial score (nSPS) is 19.0. The molecular weight excluding hydrogens is 290 g/mol. The minimum absolute atomic E-state index is 0.142. The van der Waals surface area contributed by atoms with Gasteiger partial charge < -0.3 is 9.80 Å². The summed E-state index contributed by atoms with van der Waals surface area (Å²) in [7, 11) is 0. The molecule has 0 bridgehead atoms. The molecule has 0 aromatic heterocycles. The molecule has 1 saturated heterocycles. The zero-order chi connectivity index (χ0) is 15.7. The zero-order valence-electron chi connectivity index (χ0n) is 12.2. The van der Waals surface area contributed by atoms with E-state index >= 15 is 0 Å². The van der Waals surface area contributed by atoms with E-state index in [1.165, 1.54) is 4.90 Å². The third-order valence-corrected chi connectivity index (χ3v) is 4.49. The standard InChI is InChI=1S/C16H18F2N2O2/c17-12-4-5-14(18)13(10-12)16(22)20-8-6-19(7-9-20)15(21)11-2-1-3-11/h4-5,10-11H,1-3,6-9H2. The molecule has 2 fully saturated rings. The van der Waals surface area contributed by atoms with Gasteiger partial charge in [0, 0.05) is 32.1 Å². The predicted molar refractivity (Wildman–Crippen MR) is 76.2 cm³/mol. The van der Waals surface area contributed by atoms with Crippen LogP contribution in [0.5, 0.6) is 0 Å². The maximum Gasteiger partial charge on any atom is 0.257 e. The first-order chi connectivity index (χ1) is 10.6. The van der Waals surface area contributed by atoms with Crippen molar-refractivity contribution in [3.63, 3.8) is 0 Å². The molecule has 6 heteroatoms. The van der Waals surface area contributed by atoms with E-state index in [9.17, 15) is 18.4 Å². The van der Waals surface area contributed by atoms with Crippen molar-refractivity contribution in [3.05, 3.63) is 35.4 Å². The SMILES string of the molecule is O=C(c1cc(F)ccc1F)N1CCN(C(=O)C2CCC2)CC1. The second-order valence-corrected chi connectivity index (χ2v) is 5.87. The summed E-state index contributed by atoms with van der Waals surface area (Å²) < 4.78 is 26.8. The van der Waals surface area contributed by atoms with Gasteiger partial charge in [-0.05, 0) is 31.0 Å². The topological polar surface area (TPSA) is 40.6 Å². The molecule has 0 radical (unpaired) electrons. The van der Waals surface area contributed by atoms with Gasteiger partial charge in [0.05, 0.1) is 5.56 Å². The van der Waals surface area contributed by atoms with Gasteiger partial charge in [-0.3, -0.25) is 9.59 Å². The van der Waals surface area contributed by atoms with Crippen molar-refractivity contribution in [1.29, 1.82) is 0 Å². The predicted octanol–water partition coefficient (Wildman–Crippen LogP) is 2.05. The van der Waals surface area contributed by atoms with E-state index in [4.69, 9.17) is 0 Å². The van der Waals surface area contributed by atoms with Crippen molar-refractivity contribution in [2.45, 2.75) is 19.3 Å². The first-order valence-corrected chi connectivity index (χ1v) is 7.59. The van der Waals surface area contributed by atoms with E-state index in [0.29, 0.717) is 26.2 Å². The molecule has 2 amide bonds. The Morgan fingerprint density at radius 2 is 1.64 bits per heavy atom. The summed E-state index contributed by atoms with van der Waals surface area (Å²) >= 11 is 0. The smallest absolute Gasteiger partial charge is 0.257 e. The van der Waals surface area contributed by atoms with E-state index < -0.39 is 17.5 Å². The Hall–Kier alpha value is -1.98. The summed E-state index contributed by atoms with van der Waals surface area (Å²) in [5.41, 5.74) is -0.251. The summed E-state index contributed by atoms with van der Waals surface area (Å²) in [5, 5.41) is 0. The third-order valence-electron chi connectivity index (χ3n) is 4.49. The lowest BCUT2D eigenvalue weighted by molar-refractivity contribution is -0.139. The molecule has 118 valence electrons. The molecule has 1 aromatic rings. The van der Waals surface area contributed by atoms with Crippen LogP contribution in [0.15, 0.2) is 18.2 Å². The van der Waals surface area contributed by atoms with Gasteiger partial charge in [0.2, 0.25) is 5.91 Å². The molecule has 0 unspecified atom stereocenters. The quantitative estimate of drug-likeness (QED) is 0.839. The molecule has 2 aliphatic rings. The summed E-state index contributed by atoms with van der Waals surface area (Å²) in [4.78, 5) is 27.7. The number of piperazine rings is 1. The number of nitrogens with zero attached hydrogens (tertiary/aromatic N) is 2. The molecule has 1 aliphatic carbocycles. The van der Waals surface area contributed by atoms with Crippen LogP contribution in [0, 0.1) is 17.6 Å². The molecule has 1 aromatic carbocycles. The monoisotopic (exact) mass is 308 g/mol. The highest BCUT2D eigenvalue weighted by Gasteiger charge is 2.32. The third kappa shape index (κ3) is 2.82. The first kappa shape index (κ1) is 14.9. The van der Waals surface area contributed by atoms with Crippen LogP contribution in [0.25, 0.3) is 0 Å². The van der Waals surface area contributed by atoms with Crippen LogP contribution in [0.2, 0.25) is 0 Å². The minimum Gasteiger partial charge on any atom is -0.339 e. The van der Waals surface area contributed by atoms with E-state index in [1.54, 1.807) is 4.90 Å². The average Bonchev–Trinajstić information content (AvgIpc) is 2.47. The van der Waals surface area contributed by atoms with Crippen LogP contribution in [-0.2, 0) is 4.79 Å². The van der Waals surface area contributed by atoms with E-state index in [0.717, 1.165) is 37.5 Å². The maximum absolute atomic E-state index is 13.7. The molecule has 22 heavy (non-hydrogen) atoms. The van der Waals surface area contributed by atoms with Crippen LogP contribution in [0.1, 0.15) is 29.6 Å². The van der Waals surface area contributed by atoms with Crippen molar-refractivity contribution in [2.24, 2.45) is 5.92 Å². The molecule has 0 N–H and O–H groups in total. The maximum atomic E-state index is 13.7. The Bertz CT molecular complexity index is 594.